The van der Waals surface area contributed by atoms with Gasteiger partial charge in [0.05, 0.1) is 10.7 Å². The van der Waals surface area contributed by atoms with Gasteiger partial charge in [0.2, 0.25) is 0 Å². The third kappa shape index (κ3) is 4.81. The molecule has 3 heterocycles. The molecule has 0 bridgehead atoms. The highest BCUT2D eigenvalue weighted by Crippen LogP contribution is 2.26. The fourth-order valence-electron chi connectivity index (χ4n) is 4.45. The van der Waals surface area contributed by atoms with Gasteiger partial charge in [0.25, 0.3) is 5.91 Å². The van der Waals surface area contributed by atoms with Gasteiger partial charge in [0, 0.05) is 26.1 Å². The first-order valence-electron chi connectivity index (χ1n) is 10.7. The zero-order valence-corrected chi connectivity index (χ0v) is 17.7. The molecule has 0 radical (unpaired) electrons. The summed E-state index contributed by atoms with van der Waals surface area (Å²) >= 11 is 1.62. The first-order chi connectivity index (χ1) is 13.7. The highest BCUT2D eigenvalue weighted by Gasteiger charge is 2.26. The summed E-state index contributed by atoms with van der Waals surface area (Å²) in [5, 5.41) is 1.12. The van der Waals surface area contributed by atoms with Crippen molar-refractivity contribution in [2.24, 2.45) is 5.92 Å². The second kappa shape index (κ2) is 9.19. The molecule has 0 N–H and O–H groups in total. The molecule has 1 aromatic carbocycles. The zero-order chi connectivity index (χ0) is 19.3. The van der Waals surface area contributed by atoms with Crippen molar-refractivity contribution in [2.45, 2.75) is 45.4 Å². The SMILES string of the molecule is Cc1nc(CCN2CCCC2)sc1C(=O)N1CCC(Cc2ccccc2)CC1. The lowest BCUT2D eigenvalue weighted by Gasteiger charge is -2.32. The molecule has 0 atom stereocenters. The summed E-state index contributed by atoms with van der Waals surface area (Å²) < 4.78 is 0. The first kappa shape index (κ1) is 19.6. The van der Waals surface area contributed by atoms with Crippen molar-refractivity contribution in [3.05, 3.63) is 51.5 Å². The summed E-state index contributed by atoms with van der Waals surface area (Å²) in [6.07, 6.45) is 6.93. The lowest BCUT2D eigenvalue weighted by Crippen LogP contribution is -2.38. The van der Waals surface area contributed by atoms with Gasteiger partial charge in [-0.25, -0.2) is 4.98 Å². The van der Waals surface area contributed by atoms with Crippen molar-refractivity contribution >= 4 is 17.2 Å². The number of benzene rings is 1. The normalized spacial score (nSPS) is 18.7. The fourth-order valence-corrected chi connectivity index (χ4v) is 5.47. The number of carbonyl (C=O) groups is 1. The minimum atomic E-state index is 0.195. The van der Waals surface area contributed by atoms with Gasteiger partial charge in [-0.1, -0.05) is 30.3 Å². The van der Waals surface area contributed by atoms with E-state index in [0.29, 0.717) is 5.92 Å². The van der Waals surface area contributed by atoms with Crippen molar-refractivity contribution in [3.8, 4) is 0 Å². The molecule has 1 amide bonds. The van der Waals surface area contributed by atoms with Gasteiger partial charge in [-0.2, -0.15) is 0 Å². The van der Waals surface area contributed by atoms with E-state index in [1.54, 1.807) is 11.3 Å². The Morgan fingerprint density at radius 2 is 1.82 bits per heavy atom. The molecule has 4 nitrogen and oxygen atoms in total. The fraction of sp³-hybridized carbons (Fsp3) is 0.565. The average Bonchev–Trinajstić information content (AvgIpc) is 3.37. The minimum absolute atomic E-state index is 0.195. The van der Waals surface area contributed by atoms with E-state index in [-0.39, 0.29) is 5.91 Å². The van der Waals surface area contributed by atoms with Crippen LogP contribution in [-0.2, 0) is 12.8 Å². The monoisotopic (exact) mass is 397 g/mol. The number of likely N-dealkylation sites (tertiary alicyclic amines) is 2. The average molecular weight is 398 g/mol. The number of nitrogens with zero attached hydrogens (tertiary/aromatic N) is 3. The highest BCUT2D eigenvalue weighted by molar-refractivity contribution is 7.13. The first-order valence-corrected chi connectivity index (χ1v) is 11.5. The van der Waals surface area contributed by atoms with E-state index in [2.05, 4.69) is 35.2 Å². The molecule has 2 saturated heterocycles. The van der Waals surface area contributed by atoms with Crippen molar-refractivity contribution in [1.29, 1.82) is 0 Å². The maximum absolute atomic E-state index is 13.0. The Morgan fingerprint density at radius 3 is 2.54 bits per heavy atom. The molecular formula is C23H31N3OS. The predicted octanol–water partition coefficient (Wildman–Crippen LogP) is 4.18. The van der Waals surface area contributed by atoms with E-state index in [9.17, 15) is 4.79 Å². The van der Waals surface area contributed by atoms with E-state index >= 15 is 0 Å². The number of amides is 1. The molecular weight excluding hydrogens is 366 g/mol. The molecule has 2 aliphatic rings. The summed E-state index contributed by atoms with van der Waals surface area (Å²) in [6.45, 7) is 7.24. The van der Waals surface area contributed by atoms with Crippen molar-refractivity contribution < 1.29 is 4.79 Å². The van der Waals surface area contributed by atoms with Gasteiger partial charge in [0.1, 0.15) is 4.88 Å². The maximum atomic E-state index is 13.0. The van der Waals surface area contributed by atoms with Crippen molar-refractivity contribution in [3.63, 3.8) is 0 Å². The summed E-state index contributed by atoms with van der Waals surface area (Å²) in [4.78, 5) is 23.2. The summed E-state index contributed by atoms with van der Waals surface area (Å²) in [5.74, 6) is 0.880. The van der Waals surface area contributed by atoms with Gasteiger partial charge in [-0.05, 0) is 63.6 Å². The van der Waals surface area contributed by atoms with Crippen LogP contribution in [0.3, 0.4) is 0 Å². The second-order valence-electron chi connectivity index (χ2n) is 8.25. The number of hydrogen-bond acceptors (Lipinski definition) is 4. The second-order valence-corrected chi connectivity index (χ2v) is 9.33. The minimum Gasteiger partial charge on any atom is -0.338 e. The Balaban J connectivity index is 1.29. The quantitative estimate of drug-likeness (QED) is 0.733. The summed E-state index contributed by atoms with van der Waals surface area (Å²) in [6, 6.07) is 10.7. The molecule has 2 aromatic rings. The smallest absolute Gasteiger partial charge is 0.265 e. The molecule has 0 aliphatic carbocycles. The number of piperidine rings is 1. The molecule has 1 aromatic heterocycles. The van der Waals surface area contributed by atoms with Crippen molar-refractivity contribution in [1.82, 2.24) is 14.8 Å². The van der Waals surface area contributed by atoms with E-state index in [1.165, 1.54) is 31.5 Å². The largest absolute Gasteiger partial charge is 0.338 e. The van der Waals surface area contributed by atoms with Crippen molar-refractivity contribution in [2.75, 3.05) is 32.7 Å². The number of aryl methyl sites for hydroxylation is 1. The Bertz CT molecular complexity index is 774. The molecule has 2 aliphatic heterocycles. The molecule has 0 spiro atoms. The van der Waals surface area contributed by atoms with Crippen LogP contribution in [0.25, 0.3) is 0 Å². The molecule has 0 unspecified atom stereocenters. The predicted molar refractivity (Wildman–Crippen MR) is 115 cm³/mol. The van der Waals surface area contributed by atoms with Gasteiger partial charge in [-0.15, -0.1) is 11.3 Å². The number of hydrogen-bond donors (Lipinski definition) is 0. The molecule has 150 valence electrons. The van der Waals surface area contributed by atoms with Gasteiger partial charge < -0.3 is 9.80 Å². The third-order valence-corrected chi connectivity index (χ3v) is 7.35. The van der Waals surface area contributed by atoms with Crippen LogP contribution in [0.5, 0.6) is 0 Å². The number of thiazole rings is 1. The van der Waals surface area contributed by atoms with E-state index in [1.807, 2.05) is 11.8 Å². The number of aromatic nitrogens is 1. The van der Waals surface area contributed by atoms with Crippen LogP contribution in [0.15, 0.2) is 30.3 Å². The van der Waals surface area contributed by atoms with Gasteiger partial charge in [0.15, 0.2) is 0 Å². The standard InChI is InChI=1S/C23H31N3OS/c1-18-22(28-21(24-18)11-14-25-12-5-6-13-25)23(27)26-15-9-20(10-16-26)17-19-7-3-2-4-8-19/h2-4,7-8,20H,5-6,9-17H2,1H3. The van der Waals surface area contributed by atoms with Gasteiger partial charge in [-0.3, -0.25) is 4.79 Å². The van der Waals surface area contributed by atoms with E-state index < -0.39 is 0 Å². The molecule has 2 fully saturated rings. The van der Waals surface area contributed by atoms with Crippen LogP contribution in [-0.4, -0.2) is 53.4 Å². The lowest BCUT2D eigenvalue weighted by atomic mass is 9.90. The Kier molecular flexibility index (Phi) is 6.43. The molecule has 4 rings (SSSR count). The molecule has 0 saturated carbocycles. The molecule has 5 heteroatoms. The van der Waals surface area contributed by atoms with Gasteiger partial charge >= 0.3 is 0 Å². The summed E-state index contributed by atoms with van der Waals surface area (Å²) in [5.41, 5.74) is 2.33. The van der Waals surface area contributed by atoms with E-state index in [4.69, 9.17) is 4.98 Å². The highest BCUT2D eigenvalue weighted by atomic mass is 32.1. The van der Waals surface area contributed by atoms with Crippen LogP contribution >= 0.6 is 11.3 Å². The Labute approximate surface area is 172 Å². The van der Waals surface area contributed by atoms with Crippen LogP contribution in [0, 0.1) is 12.8 Å². The number of rotatable bonds is 6. The summed E-state index contributed by atoms with van der Waals surface area (Å²) in [7, 11) is 0. The Morgan fingerprint density at radius 1 is 1.11 bits per heavy atom. The Hall–Kier alpha value is -1.72. The van der Waals surface area contributed by atoms with Crippen LogP contribution < -0.4 is 0 Å². The third-order valence-electron chi connectivity index (χ3n) is 6.14. The van der Waals surface area contributed by atoms with Crippen LogP contribution in [0.1, 0.15) is 51.6 Å². The maximum Gasteiger partial charge on any atom is 0.265 e. The number of carbonyl (C=O) groups excluding carboxylic acids is 1. The topological polar surface area (TPSA) is 36.4 Å². The zero-order valence-electron chi connectivity index (χ0n) is 16.9. The van der Waals surface area contributed by atoms with Crippen LogP contribution in [0.4, 0.5) is 0 Å². The lowest BCUT2D eigenvalue weighted by molar-refractivity contribution is 0.0694. The van der Waals surface area contributed by atoms with Crippen LogP contribution in [0.2, 0.25) is 0 Å². The van der Waals surface area contributed by atoms with E-state index in [0.717, 1.165) is 60.9 Å². The molecule has 28 heavy (non-hydrogen) atoms.